The molecule has 5 aromatic rings. The van der Waals surface area contributed by atoms with E-state index in [1.54, 1.807) is 6.07 Å². The molecule has 0 aliphatic heterocycles. The van der Waals surface area contributed by atoms with E-state index >= 15 is 0 Å². The number of carbonyl (C=O) groups excluding carboxylic acids is 1. The summed E-state index contributed by atoms with van der Waals surface area (Å²) in [6.07, 6.45) is 0. The molecule has 4 aromatic carbocycles. The summed E-state index contributed by atoms with van der Waals surface area (Å²) in [6.45, 7) is 5.54. The quantitative estimate of drug-likeness (QED) is 0.312. The van der Waals surface area contributed by atoms with Crippen LogP contribution < -0.4 is 10.5 Å². The topological polar surface area (TPSA) is 57.2 Å². The highest BCUT2D eigenvalue weighted by Gasteiger charge is 2.17. The molecule has 0 spiro atoms. The summed E-state index contributed by atoms with van der Waals surface area (Å²) in [7, 11) is 0. The Morgan fingerprint density at radius 3 is 2.41 bits per heavy atom. The van der Waals surface area contributed by atoms with Crippen LogP contribution in [0.15, 0.2) is 84.9 Å². The van der Waals surface area contributed by atoms with Gasteiger partial charge in [0.05, 0.1) is 11.0 Å². The normalized spacial score (nSPS) is 11.4. The van der Waals surface area contributed by atoms with Gasteiger partial charge in [-0.1, -0.05) is 68.4 Å². The predicted molar refractivity (Wildman–Crippen MR) is 137 cm³/mol. The SMILES string of the molecule is CC(C)c1c[c]c2c3c(C(N)=O)cccc3n(Cc3ccc(OCc4ccccc4)cc3)c2c1. The number of carbonyl (C=O) groups is 1. The molecule has 1 radical (unpaired) electrons. The van der Waals surface area contributed by atoms with Gasteiger partial charge >= 0.3 is 0 Å². The second kappa shape index (κ2) is 9.06. The van der Waals surface area contributed by atoms with Gasteiger partial charge in [0.15, 0.2) is 0 Å². The Kier molecular flexibility index (Phi) is 5.81. The number of aromatic nitrogens is 1. The van der Waals surface area contributed by atoms with Crippen molar-refractivity contribution < 1.29 is 9.53 Å². The maximum Gasteiger partial charge on any atom is 0.249 e. The molecular weight excluding hydrogens is 420 g/mol. The summed E-state index contributed by atoms with van der Waals surface area (Å²) in [6, 6.07) is 31.7. The van der Waals surface area contributed by atoms with Crippen molar-refractivity contribution in [3.8, 4) is 5.75 Å². The number of hydrogen-bond donors (Lipinski definition) is 1. The number of benzene rings is 4. The van der Waals surface area contributed by atoms with Gasteiger partial charge in [-0.05, 0) is 59.0 Å². The lowest BCUT2D eigenvalue weighted by molar-refractivity contribution is 0.100. The molecule has 0 saturated carbocycles. The van der Waals surface area contributed by atoms with Crippen molar-refractivity contribution in [2.24, 2.45) is 5.73 Å². The average molecular weight is 448 g/mol. The van der Waals surface area contributed by atoms with Gasteiger partial charge in [0.25, 0.3) is 0 Å². The number of nitrogens with two attached hydrogens (primary N) is 1. The molecule has 4 heteroatoms. The van der Waals surface area contributed by atoms with Crippen molar-refractivity contribution in [2.75, 3.05) is 0 Å². The molecular formula is C30H27N2O2. The third kappa shape index (κ3) is 4.15. The van der Waals surface area contributed by atoms with Crippen LogP contribution in [0.3, 0.4) is 0 Å². The fourth-order valence-electron chi connectivity index (χ4n) is 4.40. The van der Waals surface area contributed by atoms with Crippen molar-refractivity contribution in [3.63, 3.8) is 0 Å². The lowest BCUT2D eigenvalue weighted by Gasteiger charge is -2.11. The molecule has 0 fully saturated rings. The lowest BCUT2D eigenvalue weighted by Crippen LogP contribution is -2.11. The van der Waals surface area contributed by atoms with E-state index in [0.717, 1.165) is 38.7 Å². The predicted octanol–water partition coefficient (Wildman–Crippen LogP) is 6.44. The number of ether oxygens (including phenoxy) is 1. The first-order valence-electron chi connectivity index (χ1n) is 11.5. The highest BCUT2D eigenvalue weighted by Crippen LogP contribution is 2.34. The number of fused-ring (bicyclic) bond motifs is 3. The minimum Gasteiger partial charge on any atom is -0.489 e. The zero-order valence-corrected chi connectivity index (χ0v) is 19.4. The zero-order valence-electron chi connectivity index (χ0n) is 19.4. The van der Waals surface area contributed by atoms with E-state index in [1.807, 2.05) is 48.5 Å². The van der Waals surface area contributed by atoms with Gasteiger partial charge in [-0.15, -0.1) is 0 Å². The molecule has 4 nitrogen and oxygen atoms in total. The van der Waals surface area contributed by atoms with Gasteiger partial charge < -0.3 is 15.0 Å². The monoisotopic (exact) mass is 447 g/mol. The number of hydrogen-bond acceptors (Lipinski definition) is 2. The minimum absolute atomic E-state index is 0.378. The lowest BCUT2D eigenvalue weighted by atomic mass is 10.00. The first-order valence-corrected chi connectivity index (χ1v) is 11.5. The van der Waals surface area contributed by atoms with Crippen molar-refractivity contribution >= 4 is 27.7 Å². The third-order valence-corrected chi connectivity index (χ3v) is 6.26. The third-order valence-electron chi connectivity index (χ3n) is 6.26. The molecule has 34 heavy (non-hydrogen) atoms. The number of rotatable bonds is 7. The van der Waals surface area contributed by atoms with Crippen molar-refractivity contribution in [3.05, 3.63) is 113 Å². The van der Waals surface area contributed by atoms with Crippen LogP contribution in [0, 0.1) is 6.07 Å². The van der Waals surface area contributed by atoms with Gasteiger partial charge in [-0.25, -0.2) is 0 Å². The Morgan fingerprint density at radius 2 is 1.71 bits per heavy atom. The highest BCUT2D eigenvalue weighted by molar-refractivity contribution is 6.17. The van der Waals surface area contributed by atoms with E-state index < -0.39 is 5.91 Å². The molecule has 1 amide bonds. The smallest absolute Gasteiger partial charge is 0.249 e. The number of nitrogens with zero attached hydrogens (tertiary/aromatic N) is 1. The Balaban J connectivity index is 1.51. The molecule has 5 rings (SSSR count). The first-order chi connectivity index (χ1) is 16.5. The molecule has 0 atom stereocenters. The largest absolute Gasteiger partial charge is 0.489 e. The fourth-order valence-corrected chi connectivity index (χ4v) is 4.40. The van der Waals surface area contributed by atoms with E-state index in [9.17, 15) is 4.79 Å². The van der Waals surface area contributed by atoms with Crippen molar-refractivity contribution in [1.82, 2.24) is 4.57 Å². The van der Waals surface area contributed by atoms with E-state index in [0.29, 0.717) is 24.6 Å². The standard InChI is InChI=1S/C30H27N2O2/c1-20(2)23-13-16-25-28(17-23)32(27-10-6-9-26(29(25)27)30(31)33)18-21-11-14-24(15-12-21)34-19-22-7-4-3-5-8-22/h3-15,17,20H,18-19H2,1-2H3,(H2,31,33). The van der Waals surface area contributed by atoms with E-state index in [4.69, 9.17) is 10.5 Å². The first kappa shape index (κ1) is 21.8. The molecule has 0 saturated heterocycles. The summed E-state index contributed by atoms with van der Waals surface area (Å²) in [5.74, 6) is 0.788. The van der Waals surface area contributed by atoms with Crippen LogP contribution in [-0.2, 0) is 13.2 Å². The average Bonchev–Trinajstić information content (AvgIpc) is 3.17. The summed E-state index contributed by atoms with van der Waals surface area (Å²) >= 11 is 0. The van der Waals surface area contributed by atoms with Gasteiger partial charge in [0.1, 0.15) is 12.4 Å². The Labute approximate surface area is 199 Å². The van der Waals surface area contributed by atoms with E-state index in [1.165, 1.54) is 5.56 Å². The Hall–Kier alpha value is -4.05. The Bertz CT molecular complexity index is 1470. The van der Waals surface area contributed by atoms with Crippen LogP contribution in [0.4, 0.5) is 0 Å². The Morgan fingerprint density at radius 1 is 0.941 bits per heavy atom. The van der Waals surface area contributed by atoms with Gasteiger partial charge in [-0.2, -0.15) is 0 Å². The molecule has 1 heterocycles. The fraction of sp³-hybridized carbons (Fsp3) is 0.167. The molecule has 0 bridgehead atoms. The van der Waals surface area contributed by atoms with Crippen LogP contribution in [0.2, 0.25) is 0 Å². The number of amides is 1. The van der Waals surface area contributed by atoms with Gasteiger partial charge in [0, 0.05) is 22.9 Å². The molecule has 0 unspecified atom stereocenters. The van der Waals surface area contributed by atoms with Crippen molar-refractivity contribution in [2.45, 2.75) is 32.9 Å². The number of primary amides is 1. The molecule has 0 aliphatic rings. The maximum absolute atomic E-state index is 12.2. The van der Waals surface area contributed by atoms with Crippen LogP contribution in [0.1, 0.15) is 46.8 Å². The van der Waals surface area contributed by atoms with Gasteiger partial charge in [0.2, 0.25) is 5.91 Å². The summed E-state index contributed by atoms with van der Waals surface area (Å²) < 4.78 is 8.19. The maximum atomic E-state index is 12.2. The van der Waals surface area contributed by atoms with Crippen LogP contribution in [0.25, 0.3) is 21.8 Å². The van der Waals surface area contributed by atoms with Crippen LogP contribution in [0.5, 0.6) is 5.75 Å². The second-order valence-electron chi connectivity index (χ2n) is 8.92. The zero-order chi connectivity index (χ0) is 23.7. The highest BCUT2D eigenvalue weighted by atomic mass is 16.5. The van der Waals surface area contributed by atoms with Crippen molar-refractivity contribution in [1.29, 1.82) is 0 Å². The van der Waals surface area contributed by atoms with E-state index in [2.05, 4.69) is 54.8 Å². The summed E-state index contributed by atoms with van der Waals surface area (Å²) in [5.41, 5.74) is 11.8. The molecule has 1 aromatic heterocycles. The second-order valence-corrected chi connectivity index (χ2v) is 8.92. The summed E-state index contributed by atoms with van der Waals surface area (Å²) in [5, 5.41) is 1.79. The molecule has 0 aliphatic carbocycles. The molecule has 169 valence electrons. The van der Waals surface area contributed by atoms with Crippen LogP contribution in [-0.4, -0.2) is 10.5 Å². The molecule has 2 N–H and O–H groups in total. The summed E-state index contributed by atoms with van der Waals surface area (Å²) in [4.78, 5) is 12.2. The van der Waals surface area contributed by atoms with E-state index in [-0.39, 0.29) is 0 Å². The minimum atomic E-state index is -0.425. The van der Waals surface area contributed by atoms with Gasteiger partial charge in [-0.3, -0.25) is 4.79 Å². The van der Waals surface area contributed by atoms with Crippen LogP contribution >= 0.6 is 0 Å².